The molecule has 1 fully saturated rings. The average molecular weight is 264 g/mol. The Kier molecular flexibility index (Phi) is 4.27. The van der Waals surface area contributed by atoms with Crippen LogP contribution in [-0.4, -0.2) is 37.3 Å². The summed E-state index contributed by atoms with van der Waals surface area (Å²) in [5.74, 6) is 0.599. The summed E-state index contributed by atoms with van der Waals surface area (Å²) in [6, 6.07) is 4.85. The van der Waals surface area contributed by atoms with Gasteiger partial charge < -0.3 is 20.5 Å². The van der Waals surface area contributed by atoms with Crippen LogP contribution >= 0.6 is 0 Å². The molecule has 0 saturated carbocycles. The normalized spacial score (nSPS) is 22.8. The fourth-order valence-electron chi connectivity index (χ4n) is 2.31. The molecule has 5 heteroatoms. The van der Waals surface area contributed by atoms with E-state index in [2.05, 4.69) is 17.6 Å². The second kappa shape index (κ2) is 5.93. The van der Waals surface area contributed by atoms with Crippen molar-refractivity contribution >= 4 is 5.91 Å². The monoisotopic (exact) mass is 264 g/mol. The molecule has 0 spiro atoms. The molecule has 0 radical (unpaired) electrons. The Labute approximate surface area is 113 Å². The van der Waals surface area contributed by atoms with Crippen LogP contribution in [0.1, 0.15) is 23.7 Å². The summed E-state index contributed by atoms with van der Waals surface area (Å²) in [6.07, 6.45) is 0.926. The maximum absolute atomic E-state index is 12.1. The van der Waals surface area contributed by atoms with Gasteiger partial charge in [-0.3, -0.25) is 4.79 Å². The zero-order valence-corrected chi connectivity index (χ0v) is 11.3. The number of ether oxygens (including phenoxy) is 1. The first-order chi connectivity index (χ1) is 9.11. The fourth-order valence-corrected chi connectivity index (χ4v) is 2.31. The lowest BCUT2D eigenvalue weighted by Crippen LogP contribution is -2.48. The van der Waals surface area contributed by atoms with E-state index in [1.807, 2.05) is 0 Å². The van der Waals surface area contributed by atoms with Crippen LogP contribution in [0, 0.1) is 5.92 Å². The molecule has 2 atom stereocenters. The van der Waals surface area contributed by atoms with Crippen molar-refractivity contribution in [2.24, 2.45) is 5.92 Å². The van der Waals surface area contributed by atoms with Crippen molar-refractivity contribution in [1.82, 2.24) is 10.6 Å². The van der Waals surface area contributed by atoms with Crippen molar-refractivity contribution in [2.75, 3.05) is 20.2 Å². The SMILES string of the molecule is COc1ccc(C(=O)NC2CCNCC2C)cc1O. The van der Waals surface area contributed by atoms with E-state index in [1.165, 1.54) is 13.2 Å². The zero-order chi connectivity index (χ0) is 13.8. The molecular weight excluding hydrogens is 244 g/mol. The minimum Gasteiger partial charge on any atom is -0.504 e. The number of carbonyl (C=O) groups excluding carboxylic acids is 1. The van der Waals surface area contributed by atoms with E-state index >= 15 is 0 Å². The van der Waals surface area contributed by atoms with Gasteiger partial charge in [-0.05, 0) is 43.6 Å². The Morgan fingerprint density at radius 1 is 1.53 bits per heavy atom. The number of aromatic hydroxyl groups is 1. The number of carbonyl (C=O) groups is 1. The van der Waals surface area contributed by atoms with Crippen molar-refractivity contribution in [1.29, 1.82) is 0 Å². The quantitative estimate of drug-likeness (QED) is 0.765. The molecule has 1 aliphatic rings. The Morgan fingerprint density at radius 3 is 2.95 bits per heavy atom. The fraction of sp³-hybridized carbons (Fsp3) is 0.500. The molecule has 0 aromatic heterocycles. The summed E-state index contributed by atoms with van der Waals surface area (Å²) in [6.45, 7) is 3.95. The lowest BCUT2D eigenvalue weighted by molar-refractivity contribution is 0.0913. The lowest BCUT2D eigenvalue weighted by Gasteiger charge is -2.30. The zero-order valence-electron chi connectivity index (χ0n) is 11.3. The van der Waals surface area contributed by atoms with Crippen LogP contribution in [0.5, 0.6) is 11.5 Å². The van der Waals surface area contributed by atoms with Crippen molar-refractivity contribution in [3.05, 3.63) is 23.8 Å². The van der Waals surface area contributed by atoms with Crippen molar-refractivity contribution in [3.8, 4) is 11.5 Å². The van der Waals surface area contributed by atoms with Gasteiger partial charge in [-0.1, -0.05) is 6.92 Å². The Bertz CT molecular complexity index is 462. The summed E-state index contributed by atoms with van der Waals surface area (Å²) in [5.41, 5.74) is 0.448. The molecule has 1 saturated heterocycles. The van der Waals surface area contributed by atoms with Crippen LogP contribution in [-0.2, 0) is 0 Å². The third-order valence-electron chi connectivity index (χ3n) is 3.54. The summed E-state index contributed by atoms with van der Waals surface area (Å²) in [4.78, 5) is 12.1. The molecule has 1 aromatic rings. The summed E-state index contributed by atoms with van der Waals surface area (Å²) >= 11 is 0. The first-order valence-corrected chi connectivity index (χ1v) is 6.50. The van der Waals surface area contributed by atoms with Crippen LogP contribution in [0.3, 0.4) is 0 Å². The predicted octanol–water partition coefficient (Wildman–Crippen LogP) is 1.13. The molecule has 1 amide bonds. The van der Waals surface area contributed by atoms with Crippen LogP contribution in [0.25, 0.3) is 0 Å². The maximum Gasteiger partial charge on any atom is 0.251 e. The number of nitrogens with one attached hydrogen (secondary N) is 2. The molecule has 1 heterocycles. The first-order valence-electron chi connectivity index (χ1n) is 6.50. The van der Waals surface area contributed by atoms with Gasteiger partial charge in [0, 0.05) is 11.6 Å². The van der Waals surface area contributed by atoms with Gasteiger partial charge in [-0.15, -0.1) is 0 Å². The van der Waals surface area contributed by atoms with Gasteiger partial charge in [0.05, 0.1) is 7.11 Å². The standard InChI is InChI=1S/C14H20N2O3/c1-9-8-15-6-5-11(9)16-14(18)10-3-4-13(19-2)12(17)7-10/h3-4,7,9,11,15,17H,5-6,8H2,1-2H3,(H,16,18). The molecule has 104 valence electrons. The number of hydrogen-bond acceptors (Lipinski definition) is 4. The number of hydrogen-bond donors (Lipinski definition) is 3. The van der Waals surface area contributed by atoms with E-state index in [0.717, 1.165) is 19.5 Å². The van der Waals surface area contributed by atoms with Crippen LogP contribution in [0.2, 0.25) is 0 Å². The van der Waals surface area contributed by atoms with E-state index < -0.39 is 0 Å². The van der Waals surface area contributed by atoms with Crippen LogP contribution < -0.4 is 15.4 Å². The third-order valence-corrected chi connectivity index (χ3v) is 3.54. The minimum absolute atomic E-state index is 0.0199. The molecule has 3 N–H and O–H groups in total. The summed E-state index contributed by atoms with van der Waals surface area (Å²) < 4.78 is 4.96. The van der Waals surface area contributed by atoms with Gasteiger partial charge >= 0.3 is 0 Å². The van der Waals surface area contributed by atoms with E-state index in [9.17, 15) is 9.90 Å². The van der Waals surface area contributed by atoms with Gasteiger partial charge in [0.25, 0.3) is 5.91 Å². The van der Waals surface area contributed by atoms with Crippen molar-refractivity contribution < 1.29 is 14.6 Å². The van der Waals surface area contributed by atoms with Gasteiger partial charge in [-0.25, -0.2) is 0 Å². The molecule has 2 rings (SSSR count). The highest BCUT2D eigenvalue weighted by molar-refractivity contribution is 5.95. The molecule has 1 aliphatic heterocycles. The smallest absolute Gasteiger partial charge is 0.251 e. The number of methoxy groups -OCH3 is 1. The highest BCUT2D eigenvalue weighted by Crippen LogP contribution is 2.26. The molecule has 0 bridgehead atoms. The number of rotatable bonds is 3. The molecule has 19 heavy (non-hydrogen) atoms. The Hall–Kier alpha value is -1.75. The second-order valence-electron chi connectivity index (χ2n) is 4.94. The number of phenolic OH excluding ortho intramolecular Hbond substituents is 1. The molecule has 2 unspecified atom stereocenters. The van der Waals surface area contributed by atoms with E-state index in [1.54, 1.807) is 12.1 Å². The van der Waals surface area contributed by atoms with Crippen molar-refractivity contribution in [2.45, 2.75) is 19.4 Å². The maximum atomic E-state index is 12.1. The Balaban J connectivity index is 2.05. The lowest BCUT2D eigenvalue weighted by atomic mass is 9.95. The van der Waals surface area contributed by atoms with Gasteiger partial charge in [-0.2, -0.15) is 0 Å². The van der Waals surface area contributed by atoms with Gasteiger partial charge in [0.15, 0.2) is 11.5 Å². The number of amides is 1. The highest BCUT2D eigenvalue weighted by Gasteiger charge is 2.23. The molecule has 5 nitrogen and oxygen atoms in total. The topological polar surface area (TPSA) is 70.6 Å². The Morgan fingerprint density at radius 2 is 2.32 bits per heavy atom. The van der Waals surface area contributed by atoms with Gasteiger partial charge in [0.2, 0.25) is 0 Å². The van der Waals surface area contributed by atoms with E-state index in [-0.39, 0.29) is 17.7 Å². The van der Waals surface area contributed by atoms with Gasteiger partial charge in [0.1, 0.15) is 0 Å². The van der Waals surface area contributed by atoms with E-state index in [0.29, 0.717) is 17.2 Å². The van der Waals surface area contributed by atoms with E-state index in [4.69, 9.17) is 4.74 Å². The largest absolute Gasteiger partial charge is 0.504 e. The number of benzene rings is 1. The van der Waals surface area contributed by atoms with Crippen LogP contribution in [0.15, 0.2) is 18.2 Å². The molecular formula is C14H20N2O3. The number of phenols is 1. The number of piperidine rings is 1. The summed E-state index contributed by atoms with van der Waals surface area (Å²) in [7, 11) is 1.48. The minimum atomic E-state index is -0.156. The molecule has 1 aromatic carbocycles. The van der Waals surface area contributed by atoms with Crippen molar-refractivity contribution in [3.63, 3.8) is 0 Å². The average Bonchev–Trinajstić information content (AvgIpc) is 2.41. The summed E-state index contributed by atoms with van der Waals surface area (Å²) in [5, 5.41) is 16.0. The second-order valence-corrected chi connectivity index (χ2v) is 4.94. The molecule has 0 aliphatic carbocycles. The highest BCUT2D eigenvalue weighted by atomic mass is 16.5. The third kappa shape index (κ3) is 3.17. The van der Waals surface area contributed by atoms with Crippen LogP contribution in [0.4, 0.5) is 0 Å². The first kappa shape index (κ1) is 13.7. The predicted molar refractivity (Wildman–Crippen MR) is 72.6 cm³/mol.